The molecule has 0 spiro atoms. The van der Waals surface area contributed by atoms with Gasteiger partial charge in [0.2, 0.25) is 5.79 Å². The van der Waals surface area contributed by atoms with Crippen molar-refractivity contribution in [1.82, 2.24) is 10.9 Å². The first kappa shape index (κ1) is 24.5. The lowest BCUT2D eigenvalue weighted by atomic mass is 9.93. The van der Waals surface area contributed by atoms with Crippen molar-refractivity contribution in [2.75, 3.05) is 25.1 Å². The van der Waals surface area contributed by atoms with Gasteiger partial charge < -0.3 is 19.5 Å². The summed E-state index contributed by atoms with van der Waals surface area (Å²) in [5.74, 6) is -1.28. The maximum Gasteiger partial charge on any atom is 0.426 e. The van der Waals surface area contributed by atoms with Crippen molar-refractivity contribution in [3.8, 4) is 0 Å². The van der Waals surface area contributed by atoms with Gasteiger partial charge in [-0.2, -0.15) is 0 Å². The predicted octanol–water partition coefficient (Wildman–Crippen LogP) is 4.71. The summed E-state index contributed by atoms with van der Waals surface area (Å²) in [5, 5.41) is 3.31. The van der Waals surface area contributed by atoms with E-state index in [1.54, 1.807) is 25.1 Å². The normalized spacial score (nSPS) is 11.0. The molecule has 0 saturated heterocycles. The van der Waals surface area contributed by atoms with Crippen molar-refractivity contribution in [1.29, 1.82) is 0 Å². The Morgan fingerprint density at radius 1 is 0.935 bits per heavy atom. The highest BCUT2D eigenvalue weighted by molar-refractivity contribution is 6.30. The number of carbonyl (C=O) groups is 2. The maximum absolute atomic E-state index is 12.4. The third-order valence-corrected chi connectivity index (χ3v) is 4.50. The third kappa shape index (κ3) is 6.33. The summed E-state index contributed by atoms with van der Waals surface area (Å²) in [5.41, 5.74) is 7.13. The number of urea groups is 1. The largest absolute Gasteiger partial charge is 0.449 e. The van der Waals surface area contributed by atoms with Crippen molar-refractivity contribution in [3.05, 3.63) is 64.2 Å². The van der Waals surface area contributed by atoms with E-state index in [0.29, 0.717) is 29.5 Å². The Balaban J connectivity index is 2.46. The van der Waals surface area contributed by atoms with E-state index in [1.807, 2.05) is 45.0 Å². The van der Waals surface area contributed by atoms with Crippen LogP contribution in [0.1, 0.15) is 37.5 Å². The highest BCUT2D eigenvalue weighted by Crippen LogP contribution is 2.40. The molecule has 31 heavy (non-hydrogen) atoms. The molecule has 0 saturated carbocycles. The molecule has 0 radical (unpaired) electrons. The van der Waals surface area contributed by atoms with Gasteiger partial charge in [0.05, 0.1) is 12.3 Å². The fourth-order valence-corrected chi connectivity index (χ4v) is 3.19. The molecule has 0 heterocycles. The van der Waals surface area contributed by atoms with Gasteiger partial charge in [-0.15, -0.1) is 0 Å². The first-order valence-electron chi connectivity index (χ1n) is 10.0. The number of ether oxygens (including phenoxy) is 3. The second-order valence-corrected chi connectivity index (χ2v) is 6.90. The van der Waals surface area contributed by atoms with Gasteiger partial charge in [-0.25, -0.2) is 20.4 Å². The van der Waals surface area contributed by atoms with Crippen molar-refractivity contribution in [2.45, 2.75) is 33.5 Å². The number of halogens is 1. The van der Waals surface area contributed by atoms with Crippen LogP contribution in [-0.4, -0.2) is 31.9 Å². The van der Waals surface area contributed by atoms with Gasteiger partial charge in [0, 0.05) is 29.4 Å². The minimum atomic E-state index is -1.28. The van der Waals surface area contributed by atoms with Crippen LogP contribution in [0.15, 0.2) is 42.5 Å². The lowest BCUT2D eigenvalue weighted by Crippen LogP contribution is -2.44. The number of hydrogen-bond acceptors (Lipinski definition) is 5. The molecular formula is C22H28ClN3O5. The van der Waals surface area contributed by atoms with Crippen molar-refractivity contribution < 1.29 is 23.8 Å². The molecule has 0 aliphatic heterocycles. The van der Waals surface area contributed by atoms with Gasteiger partial charge in [0.1, 0.15) is 0 Å². The van der Waals surface area contributed by atoms with E-state index in [4.69, 9.17) is 25.8 Å². The Morgan fingerprint density at radius 3 is 2.16 bits per heavy atom. The fourth-order valence-electron chi connectivity index (χ4n) is 3.06. The molecule has 0 aromatic heterocycles. The van der Waals surface area contributed by atoms with E-state index in [1.165, 1.54) is 0 Å². The molecule has 9 heteroatoms. The van der Waals surface area contributed by atoms with Crippen molar-refractivity contribution in [3.63, 3.8) is 0 Å². The van der Waals surface area contributed by atoms with E-state index in [2.05, 4.69) is 16.2 Å². The zero-order valence-corrected chi connectivity index (χ0v) is 18.8. The minimum Gasteiger partial charge on any atom is -0.449 e. The van der Waals surface area contributed by atoms with E-state index in [9.17, 15) is 9.59 Å². The highest BCUT2D eigenvalue weighted by atomic mass is 35.5. The van der Waals surface area contributed by atoms with Crippen molar-refractivity contribution in [2.24, 2.45) is 0 Å². The van der Waals surface area contributed by atoms with Gasteiger partial charge in [-0.05, 0) is 52.0 Å². The van der Waals surface area contributed by atoms with Crippen LogP contribution in [0.3, 0.4) is 0 Å². The number of benzene rings is 2. The standard InChI is InChI=1S/C22H28ClN3O5/c1-5-29-21(28)26-25-20(27)24-19-13-8-15(4)14-18(19)22(30-6-2,31-7-3)16-9-11-17(23)12-10-16/h8-14H,5-7H2,1-4H3,(H,26,28)(H2,24,25,27). The SMILES string of the molecule is CCOC(=O)NNC(=O)Nc1ccc(C)cc1C(OCC)(OCC)c1ccc(Cl)cc1. The second-order valence-electron chi connectivity index (χ2n) is 6.46. The summed E-state index contributed by atoms with van der Waals surface area (Å²) < 4.78 is 17.0. The second kappa shape index (κ2) is 11.5. The molecule has 0 fully saturated rings. The number of hydrazine groups is 1. The summed E-state index contributed by atoms with van der Waals surface area (Å²) in [6, 6.07) is 12.0. The molecule has 0 aliphatic rings. The smallest absolute Gasteiger partial charge is 0.426 e. The molecule has 0 bridgehead atoms. The number of carbonyl (C=O) groups excluding carboxylic acids is 2. The molecule has 168 valence electrons. The summed E-state index contributed by atoms with van der Waals surface area (Å²) >= 11 is 6.08. The monoisotopic (exact) mass is 449 g/mol. The van der Waals surface area contributed by atoms with E-state index >= 15 is 0 Å². The number of anilines is 1. The van der Waals surface area contributed by atoms with Gasteiger partial charge in [-0.1, -0.05) is 35.4 Å². The van der Waals surface area contributed by atoms with E-state index in [0.717, 1.165) is 11.1 Å². The predicted molar refractivity (Wildman–Crippen MR) is 119 cm³/mol. The quantitative estimate of drug-likeness (QED) is 0.400. The van der Waals surface area contributed by atoms with Gasteiger partial charge in [0.15, 0.2) is 0 Å². The van der Waals surface area contributed by atoms with Crippen LogP contribution in [0.5, 0.6) is 0 Å². The van der Waals surface area contributed by atoms with Crippen LogP contribution in [0.25, 0.3) is 0 Å². The van der Waals surface area contributed by atoms with Crippen LogP contribution >= 0.6 is 11.6 Å². The molecule has 2 rings (SSSR count). The fraction of sp³-hybridized carbons (Fsp3) is 0.364. The molecule has 3 N–H and O–H groups in total. The minimum absolute atomic E-state index is 0.184. The zero-order chi connectivity index (χ0) is 22.9. The van der Waals surface area contributed by atoms with Crippen LogP contribution in [-0.2, 0) is 20.0 Å². The Hall–Kier alpha value is -2.81. The van der Waals surface area contributed by atoms with Gasteiger partial charge in [-0.3, -0.25) is 0 Å². The molecular weight excluding hydrogens is 422 g/mol. The number of hydrogen-bond donors (Lipinski definition) is 3. The van der Waals surface area contributed by atoms with Gasteiger partial charge >= 0.3 is 12.1 Å². The molecule has 3 amide bonds. The van der Waals surface area contributed by atoms with E-state index < -0.39 is 17.9 Å². The molecule has 2 aromatic carbocycles. The van der Waals surface area contributed by atoms with Crippen LogP contribution in [0.4, 0.5) is 15.3 Å². The van der Waals surface area contributed by atoms with Gasteiger partial charge in [0.25, 0.3) is 0 Å². The number of aryl methyl sites for hydroxylation is 1. The molecule has 0 unspecified atom stereocenters. The Morgan fingerprint density at radius 2 is 1.58 bits per heavy atom. The van der Waals surface area contributed by atoms with Crippen LogP contribution in [0.2, 0.25) is 5.02 Å². The number of amides is 3. The lowest BCUT2D eigenvalue weighted by Gasteiger charge is -2.35. The molecule has 2 aromatic rings. The molecule has 0 aliphatic carbocycles. The first-order chi connectivity index (χ1) is 14.9. The van der Waals surface area contributed by atoms with Crippen LogP contribution < -0.4 is 16.2 Å². The van der Waals surface area contributed by atoms with Crippen molar-refractivity contribution >= 4 is 29.4 Å². The Bertz CT molecular complexity index is 883. The highest BCUT2D eigenvalue weighted by Gasteiger charge is 2.38. The number of nitrogens with one attached hydrogen (secondary N) is 3. The summed E-state index contributed by atoms with van der Waals surface area (Å²) in [6.45, 7) is 8.21. The summed E-state index contributed by atoms with van der Waals surface area (Å²) in [4.78, 5) is 23.8. The summed E-state index contributed by atoms with van der Waals surface area (Å²) in [6.07, 6.45) is -0.763. The molecule has 8 nitrogen and oxygen atoms in total. The topological polar surface area (TPSA) is 97.9 Å². The van der Waals surface area contributed by atoms with Crippen LogP contribution in [0, 0.1) is 6.92 Å². The zero-order valence-electron chi connectivity index (χ0n) is 18.1. The number of rotatable bonds is 8. The average molecular weight is 450 g/mol. The Kier molecular flexibility index (Phi) is 9.11. The summed E-state index contributed by atoms with van der Waals surface area (Å²) in [7, 11) is 0. The maximum atomic E-state index is 12.4. The lowest BCUT2D eigenvalue weighted by molar-refractivity contribution is -0.212. The third-order valence-electron chi connectivity index (χ3n) is 4.25. The van der Waals surface area contributed by atoms with E-state index in [-0.39, 0.29) is 6.61 Å². The average Bonchev–Trinajstić information content (AvgIpc) is 2.74. The molecule has 0 atom stereocenters. The Labute approximate surface area is 187 Å². The first-order valence-corrected chi connectivity index (χ1v) is 10.4.